The number of hydrogen-bond acceptors (Lipinski definition) is 4. The number of benzene rings is 4. The highest BCUT2D eigenvalue weighted by molar-refractivity contribution is 5.73. The molecule has 0 aliphatic carbocycles. The topological polar surface area (TPSA) is 96.8 Å². The van der Waals surface area contributed by atoms with Crippen molar-refractivity contribution in [2.24, 2.45) is 0 Å². The van der Waals surface area contributed by atoms with Crippen LogP contribution < -0.4 is 10.1 Å². The van der Waals surface area contributed by atoms with Crippen molar-refractivity contribution in [1.29, 1.82) is 5.41 Å². The minimum Gasteiger partial charge on any atom is -0.446 e. The molecular weight excluding hydrogens is 460 g/mol. The number of aryl methyl sites for hydroxylation is 3. The Balaban J connectivity index is 0.00000380. The maximum atomic E-state index is 10.6. The van der Waals surface area contributed by atoms with E-state index in [9.17, 15) is 5.11 Å². The van der Waals surface area contributed by atoms with Gasteiger partial charge in [-0.3, -0.25) is 5.41 Å². The highest BCUT2D eigenvalue weighted by atomic mass is 16.5. The molecule has 0 fully saturated rings. The van der Waals surface area contributed by atoms with Crippen LogP contribution in [-0.2, 0) is 6.42 Å². The van der Waals surface area contributed by atoms with Gasteiger partial charge in [0.1, 0.15) is 5.75 Å². The predicted octanol–water partition coefficient (Wildman–Crippen LogP) is 7.32. The minimum atomic E-state index is -0.527. The monoisotopic (exact) mass is 496 g/mol. The van der Waals surface area contributed by atoms with E-state index >= 15 is 0 Å². The number of hydrogen-bond donors (Lipinski definition) is 3. The maximum absolute atomic E-state index is 10.6. The summed E-state index contributed by atoms with van der Waals surface area (Å²) in [4.78, 5) is 0. The van der Waals surface area contributed by atoms with E-state index in [1.807, 2.05) is 31.2 Å². The lowest BCUT2D eigenvalue weighted by molar-refractivity contribution is 0.163. The number of ether oxygens (including phenoxy) is 1. The molecule has 0 aliphatic rings. The summed E-state index contributed by atoms with van der Waals surface area (Å²) in [6.45, 7) is 4.07. The van der Waals surface area contributed by atoms with E-state index in [4.69, 9.17) is 10.1 Å². The smallest absolute Gasteiger partial charge is 0.173 e. The lowest BCUT2D eigenvalue weighted by atomic mass is 9.99. The molecule has 0 saturated carbocycles. The van der Waals surface area contributed by atoms with Gasteiger partial charge in [0, 0.05) is 11.4 Å². The van der Waals surface area contributed by atoms with Crippen molar-refractivity contribution >= 4 is 17.8 Å². The molecule has 0 unspecified atom stereocenters. The van der Waals surface area contributed by atoms with Gasteiger partial charge in [-0.15, -0.1) is 0 Å². The molecular formula is C32H36N2O3. The molecule has 1 atom stereocenters. The number of anilines is 2. The molecule has 0 aromatic heterocycles. The van der Waals surface area contributed by atoms with E-state index in [0.717, 1.165) is 48.2 Å². The average molecular weight is 497 g/mol. The Kier molecular flexibility index (Phi) is 10.0. The molecule has 0 bridgehead atoms. The summed E-state index contributed by atoms with van der Waals surface area (Å²) in [7, 11) is 0. The first-order valence-electron chi connectivity index (χ1n) is 12.5. The van der Waals surface area contributed by atoms with Gasteiger partial charge >= 0.3 is 0 Å². The van der Waals surface area contributed by atoms with Crippen molar-refractivity contribution in [3.05, 3.63) is 113 Å². The van der Waals surface area contributed by atoms with Crippen LogP contribution in [0.25, 0.3) is 11.1 Å². The zero-order valence-corrected chi connectivity index (χ0v) is 21.5. The Morgan fingerprint density at radius 1 is 0.838 bits per heavy atom. The Bertz CT molecular complexity index is 1290. The molecule has 4 aromatic carbocycles. The van der Waals surface area contributed by atoms with E-state index in [-0.39, 0.29) is 5.48 Å². The molecule has 5 heteroatoms. The van der Waals surface area contributed by atoms with Crippen LogP contribution in [0.5, 0.6) is 5.75 Å². The summed E-state index contributed by atoms with van der Waals surface area (Å²) in [6.07, 6.45) is 4.01. The standard InChI is InChI=1S/C32H34N2O2.H2O/c1-23-13-17-29(21-30(23)26-9-4-3-5-10-26)34-28-18-14-25(15-19-28)8-6-7-11-31(35)27-16-12-24(2)32(20-27)36-22-33;/h3-5,9-10,12-22,31,33-35H,6-8,11H2,1-2H3;1H2/t31-;/m0./s1. The summed E-state index contributed by atoms with van der Waals surface area (Å²) >= 11 is 0. The molecule has 0 heterocycles. The predicted molar refractivity (Wildman–Crippen MR) is 153 cm³/mol. The second-order valence-electron chi connectivity index (χ2n) is 9.24. The quantitative estimate of drug-likeness (QED) is 0.115. The van der Waals surface area contributed by atoms with Gasteiger partial charge in [-0.05, 0) is 96.8 Å². The van der Waals surface area contributed by atoms with E-state index in [0.29, 0.717) is 12.2 Å². The molecule has 0 amide bonds. The highest BCUT2D eigenvalue weighted by Gasteiger charge is 2.10. The third-order valence-corrected chi connectivity index (χ3v) is 6.54. The van der Waals surface area contributed by atoms with Crippen molar-refractivity contribution in [2.75, 3.05) is 5.32 Å². The summed E-state index contributed by atoms with van der Waals surface area (Å²) in [5, 5.41) is 21.2. The average Bonchev–Trinajstić information content (AvgIpc) is 2.90. The van der Waals surface area contributed by atoms with Crippen LogP contribution >= 0.6 is 0 Å². The zero-order valence-electron chi connectivity index (χ0n) is 21.5. The van der Waals surface area contributed by atoms with Crippen LogP contribution in [0.2, 0.25) is 0 Å². The molecule has 4 rings (SSSR count). The van der Waals surface area contributed by atoms with Crippen LogP contribution in [0.1, 0.15) is 47.6 Å². The van der Waals surface area contributed by atoms with Crippen molar-refractivity contribution in [3.63, 3.8) is 0 Å². The Labute approximate surface area is 219 Å². The molecule has 37 heavy (non-hydrogen) atoms. The second kappa shape index (κ2) is 13.4. The first kappa shape index (κ1) is 27.7. The summed E-state index contributed by atoms with van der Waals surface area (Å²) < 4.78 is 5.21. The first-order chi connectivity index (χ1) is 17.5. The van der Waals surface area contributed by atoms with Gasteiger partial charge in [0.05, 0.1) is 6.10 Å². The van der Waals surface area contributed by atoms with Gasteiger partial charge in [0.15, 0.2) is 6.40 Å². The van der Waals surface area contributed by atoms with E-state index < -0.39 is 6.10 Å². The van der Waals surface area contributed by atoms with Crippen LogP contribution in [-0.4, -0.2) is 17.0 Å². The summed E-state index contributed by atoms with van der Waals surface area (Å²) in [5.74, 6) is 0.622. The fourth-order valence-electron chi connectivity index (χ4n) is 4.40. The normalized spacial score (nSPS) is 11.3. The number of unbranched alkanes of at least 4 members (excludes halogenated alkanes) is 1. The number of aliphatic hydroxyl groups is 1. The SMILES string of the molecule is Cc1ccc([C@@H](O)CCCCc2ccc(Nc3ccc(C)c(-c4ccccc4)c3)cc2)cc1OC=N.O. The van der Waals surface area contributed by atoms with Crippen molar-refractivity contribution in [1.82, 2.24) is 0 Å². The lowest BCUT2D eigenvalue weighted by Crippen LogP contribution is -2.00. The van der Waals surface area contributed by atoms with Gasteiger partial charge in [-0.2, -0.15) is 0 Å². The summed E-state index contributed by atoms with van der Waals surface area (Å²) in [5.41, 5.74) is 8.94. The second-order valence-corrected chi connectivity index (χ2v) is 9.24. The number of rotatable bonds is 11. The third-order valence-electron chi connectivity index (χ3n) is 6.54. The molecule has 192 valence electrons. The van der Waals surface area contributed by atoms with Crippen LogP contribution in [0, 0.1) is 19.3 Å². The largest absolute Gasteiger partial charge is 0.446 e. The van der Waals surface area contributed by atoms with Crippen LogP contribution in [0.3, 0.4) is 0 Å². The van der Waals surface area contributed by atoms with E-state index in [1.165, 1.54) is 22.3 Å². The van der Waals surface area contributed by atoms with Crippen molar-refractivity contribution in [3.8, 4) is 16.9 Å². The Morgan fingerprint density at radius 2 is 1.54 bits per heavy atom. The minimum absolute atomic E-state index is 0. The lowest BCUT2D eigenvalue weighted by Gasteiger charge is -2.13. The molecule has 4 aromatic rings. The van der Waals surface area contributed by atoms with Crippen LogP contribution in [0.4, 0.5) is 11.4 Å². The highest BCUT2D eigenvalue weighted by Crippen LogP contribution is 2.29. The first-order valence-corrected chi connectivity index (χ1v) is 12.5. The fourth-order valence-corrected chi connectivity index (χ4v) is 4.40. The molecule has 0 spiro atoms. The van der Waals surface area contributed by atoms with Gasteiger partial charge < -0.3 is 20.6 Å². The Hall–Kier alpha value is -3.93. The van der Waals surface area contributed by atoms with Gasteiger partial charge in [-0.25, -0.2) is 0 Å². The van der Waals surface area contributed by atoms with E-state index in [1.54, 1.807) is 0 Å². The van der Waals surface area contributed by atoms with Crippen LogP contribution in [0.15, 0.2) is 91.0 Å². The number of aliphatic hydroxyl groups excluding tert-OH is 1. The van der Waals surface area contributed by atoms with Gasteiger partial charge in [0.25, 0.3) is 0 Å². The maximum Gasteiger partial charge on any atom is 0.173 e. The molecule has 5 N–H and O–H groups in total. The van der Waals surface area contributed by atoms with Crippen molar-refractivity contribution < 1.29 is 15.3 Å². The van der Waals surface area contributed by atoms with Gasteiger partial charge in [0.2, 0.25) is 0 Å². The van der Waals surface area contributed by atoms with E-state index in [2.05, 4.69) is 79.0 Å². The Morgan fingerprint density at radius 3 is 2.27 bits per heavy atom. The fraction of sp³-hybridized carbons (Fsp3) is 0.219. The molecule has 5 nitrogen and oxygen atoms in total. The summed E-state index contributed by atoms with van der Waals surface area (Å²) in [6, 6.07) is 31.2. The number of nitrogens with one attached hydrogen (secondary N) is 2. The zero-order chi connectivity index (χ0) is 25.3. The third kappa shape index (κ3) is 7.53. The molecule has 0 aliphatic heterocycles. The van der Waals surface area contributed by atoms with Crippen molar-refractivity contribution in [2.45, 2.75) is 45.6 Å². The van der Waals surface area contributed by atoms with Gasteiger partial charge in [-0.1, -0.05) is 67.1 Å². The molecule has 0 saturated heterocycles. The molecule has 0 radical (unpaired) electrons.